The third kappa shape index (κ3) is 3.19. The number of nitrogens with zero attached hydrogens (tertiary/aromatic N) is 2. The van der Waals surface area contributed by atoms with E-state index in [1.165, 1.54) is 0 Å². The van der Waals surface area contributed by atoms with E-state index in [1.54, 1.807) is 0 Å². The first-order chi connectivity index (χ1) is 12.1. The smallest absolute Gasteiger partial charge is 0.387 e. The summed E-state index contributed by atoms with van der Waals surface area (Å²) in [6, 6.07) is 3.94. The van der Waals surface area contributed by atoms with Crippen molar-refractivity contribution in [3.05, 3.63) is 68.1 Å². The van der Waals surface area contributed by atoms with Gasteiger partial charge in [-0.3, -0.25) is 0 Å². The molecule has 2 aromatic carbocycles. The van der Waals surface area contributed by atoms with Gasteiger partial charge in [0.2, 0.25) is 0 Å². The first kappa shape index (κ1) is 18.4. The van der Waals surface area contributed by atoms with E-state index in [0.29, 0.717) is 16.8 Å². The van der Waals surface area contributed by atoms with E-state index in [-0.39, 0.29) is 0 Å². The molecule has 0 N–H and O–H groups in total. The number of aromatic nitrogens is 2. The van der Waals surface area contributed by atoms with Gasteiger partial charge in [0, 0.05) is 0 Å². The highest BCUT2D eigenvalue weighted by molar-refractivity contribution is 6.43. The van der Waals surface area contributed by atoms with E-state index in [0.717, 1.165) is 18.2 Å². The number of hydrogen-bond acceptors (Lipinski definition) is 3. The topological polar surface area (TPSA) is 48.0 Å². The van der Waals surface area contributed by atoms with Gasteiger partial charge in [-0.25, -0.2) is 13.6 Å². The average Bonchev–Trinajstić information content (AvgIpc) is 2.90. The number of hydrogen-bond donors (Lipinski definition) is 0. The molecular weight excluding hydrogens is 406 g/mol. The lowest BCUT2D eigenvalue weighted by Gasteiger charge is -2.11. The Balaban J connectivity index is 2.23. The Hall–Kier alpha value is -2.39. The molecule has 0 saturated heterocycles. The molecule has 3 rings (SSSR count). The quantitative estimate of drug-likeness (QED) is 0.552. The van der Waals surface area contributed by atoms with Gasteiger partial charge in [0.1, 0.15) is 17.2 Å². The van der Waals surface area contributed by atoms with Gasteiger partial charge < -0.3 is 4.42 Å². The molecule has 0 amide bonds. The van der Waals surface area contributed by atoms with Crippen molar-refractivity contribution in [2.24, 2.45) is 0 Å². The van der Waals surface area contributed by atoms with Crippen LogP contribution in [0.5, 0.6) is 0 Å². The Morgan fingerprint density at radius 3 is 2.27 bits per heavy atom. The Labute approximate surface area is 151 Å². The zero-order chi connectivity index (χ0) is 19.2. The predicted octanol–water partition coefficient (Wildman–Crippen LogP) is 5.10. The number of rotatable bonds is 2. The number of alkyl halides is 3. The normalized spacial score (nSPS) is 11.8. The molecule has 0 fully saturated rings. The van der Waals surface area contributed by atoms with Crippen molar-refractivity contribution in [1.82, 2.24) is 9.78 Å². The second-order valence-corrected chi connectivity index (χ2v) is 5.76. The molecule has 0 radical (unpaired) electrons. The second-order valence-electron chi connectivity index (χ2n) is 4.97. The molecular formula is C15H5Cl2F5N2O2. The maximum atomic E-state index is 13.8. The van der Waals surface area contributed by atoms with E-state index >= 15 is 0 Å². The SMILES string of the molecule is O=c1oc(-c2c(F)cccc2F)nn1-c1cc(C(F)(F)F)cc(Cl)c1Cl. The van der Waals surface area contributed by atoms with Crippen LogP contribution in [0.1, 0.15) is 5.56 Å². The van der Waals surface area contributed by atoms with E-state index in [4.69, 9.17) is 23.2 Å². The molecule has 0 aliphatic rings. The third-order valence-electron chi connectivity index (χ3n) is 3.29. The summed E-state index contributed by atoms with van der Waals surface area (Å²) in [5, 5.41) is 2.63. The zero-order valence-electron chi connectivity index (χ0n) is 12.2. The molecule has 0 aliphatic heterocycles. The van der Waals surface area contributed by atoms with Crippen molar-refractivity contribution in [1.29, 1.82) is 0 Å². The third-order valence-corrected chi connectivity index (χ3v) is 4.08. The first-order valence-corrected chi connectivity index (χ1v) is 7.46. The molecule has 11 heteroatoms. The molecule has 3 aromatic rings. The standard InChI is InChI=1S/C15H5Cl2F5N2O2/c16-7-4-6(15(20,21)22)5-10(12(7)17)24-14(25)26-13(23-24)11-8(18)2-1-3-9(11)19/h1-5H. The fraction of sp³-hybridized carbons (Fsp3) is 0.0667. The van der Waals surface area contributed by atoms with Crippen LogP contribution in [0.25, 0.3) is 17.1 Å². The lowest BCUT2D eigenvalue weighted by atomic mass is 10.2. The van der Waals surface area contributed by atoms with Gasteiger partial charge in [0.25, 0.3) is 5.89 Å². The summed E-state index contributed by atoms with van der Waals surface area (Å²) in [6.07, 6.45) is -4.78. The molecule has 0 spiro atoms. The molecule has 0 saturated carbocycles. The predicted molar refractivity (Wildman–Crippen MR) is 82.5 cm³/mol. The van der Waals surface area contributed by atoms with Gasteiger partial charge in [-0.1, -0.05) is 29.3 Å². The highest BCUT2D eigenvalue weighted by Gasteiger charge is 2.33. The zero-order valence-corrected chi connectivity index (χ0v) is 13.8. The van der Waals surface area contributed by atoms with Crippen molar-refractivity contribution >= 4 is 23.2 Å². The van der Waals surface area contributed by atoms with Crippen molar-refractivity contribution in [2.75, 3.05) is 0 Å². The van der Waals surface area contributed by atoms with Crippen molar-refractivity contribution in [3.8, 4) is 17.1 Å². The summed E-state index contributed by atoms with van der Waals surface area (Å²) < 4.78 is 71.4. The fourth-order valence-electron chi connectivity index (χ4n) is 2.13. The Kier molecular flexibility index (Phi) is 4.53. The minimum Gasteiger partial charge on any atom is -0.387 e. The molecule has 4 nitrogen and oxygen atoms in total. The number of benzene rings is 2. The van der Waals surface area contributed by atoms with E-state index in [2.05, 4.69) is 9.52 Å². The summed E-state index contributed by atoms with van der Waals surface area (Å²) in [5.74, 6) is -4.23. The molecule has 0 atom stereocenters. The van der Waals surface area contributed by atoms with Gasteiger partial charge in [0.15, 0.2) is 0 Å². The minimum atomic E-state index is -4.78. The maximum absolute atomic E-state index is 13.8. The van der Waals surface area contributed by atoms with E-state index in [1.807, 2.05) is 0 Å². The summed E-state index contributed by atoms with van der Waals surface area (Å²) in [4.78, 5) is 12.0. The van der Waals surface area contributed by atoms with E-state index in [9.17, 15) is 26.7 Å². The van der Waals surface area contributed by atoms with Gasteiger partial charge in [-0.05, 0) is 24.3 Å². The summed E-state index contributed by atoms with van der Waals surface area (Å²) >= 11 is 11.5. The molecule has 0 bridgehead atoms. The van der Waals surface area contributed by atoms with Crippen molar-refractivity contribution in [3.63, 3.8) is 0 Å². The van der Waals surface area contributed by atoms with Crippen LogP contribution < -0.4 is 5.76 Å². The summed E-state index contributed by atoms with van der Waals surface area (Å²) in [5.41, 5.74) is -2.50. The Bertz CT molecular complexity index is 1040. The first-order valence-electron chi connectivity index (χ1n) is 6.70. The van der Waals surface area contributed by atoms with Gasteiger partial charge in [-0.2, -0.15) is 17.9 Å². The van der Waals surface area contributed by atoms with Crippen LogP contribution >= 0.6 is 23.2 Å². The summed E-state index contributed by atoms with van der Waals surface area (Å²) in [7, 11) is 0. The minimum absolute atomic E-state index is 0.338. The highest BCUT2D eigenvalue weighted by atomic mass is 35.5. The summed E-state index contributed by atoms with van der Waals surface area (Å²) in [6.45, 7) is 0. The van der Waals surface area contributed by atoms with Gasteiger partial charge >= 0.3 is 11.9 Å². The monoisotopic (exact) mass is 410 g/mol. The molecule has 1 aromatic heterocycles. The van der Waals surface area contributed by atoms with Gasteiger partial charge in [-0.15, -0.1) is 5.10 Å². The number of halogens is 7. The van der Waals surface area contributed by atoms with E-state index < -0.39 is 56.3 Å². The molecule has 1 heterocycles. The second kappa shape index (κ2) is 6.40. The maximum Gasteiger partial charge on any atom is 0.442 e. The van der Waals surface area contributed by atoms with Crippen LogP contribution in [0, 0.1) is 11.6 Å². The fourth-order valence-corrected chi connectivity index (χ4v) is 2.53. The van der Waals surface area contributed by atoms with Crippen LogP contribution in [-0.2, 0) is 6.18 Å². The largest absolute Gasteiger partial charge is 0.442 e. The molecule has 26 heavy (non-hydrogen) atoms. The van der Waals surface area contributed by atoms with Crippen LogP contribution in [0.3, 0.4) is 0 Å². The highest BCUT2D eigenvalue weighted by Crippen LogP contribution is 2.37. The lowest BCUT2D eigenvalue weighted by molar-refractivity contribution is -0.137. The molecule has 0 unspecified atom stereocenters. The average molecular weight is 411 g/mol. The van der Waals surface area contributed by atoms with Crippen LogP contribution in [0.4, 0.5) is 22.0 Å². The molecule has 136 valence electrons. The van der Waals surface area contributed by atoms with Crippen molar-refractivity contribution < 1.29 is 26.4 Å². The molecule has 0 aliphatic carbocycles. The van der Waals surface area contributed by atoms with Crippen LogP contribution in [0.2, 0.25) is 10.0 Å². The lowest BCUT2D eigenvalue weighted by Crippen LogP contribution is -2.15. The van der Waals surface area contributed by atoms with Crippen LogP contribution in [-0.4, -0.2) is 9.78 Å². The van der Waals surface area contributed by atoms with Crippen LogP contribution in [0.15, 0.2) is 39.5 Å². The van der Waals surface area contributed by atoms with Crippen molar-refractivity contribution in [2.45, 2.75) is 6.18 Å². The Morgan fingerprint density at radius 2 is 1.69 bits per heavy atom. The Morgan fingerprint density at radius 1 is 1.08 bits per heavy atom. The van der Waals surface area contributed by atoms with Gasteiger partial charge in [0.05, 0.1) is 21.3 Å².